The van der Waals surface area contributed by atoms with Crippen LogP contribution < -0.4 is 16.4 Å². The highest BCUT2D eigenvalue weighted by Crippen LogP contribution is 2.23. The van der Waals surface area contributed by atoms with Crippen molar-refractivity contribution in [2.24, 2.45) is 5.18 Å². The first-order chi connectivity index (χ1) is 17.6. The monoisotopic (exact) mass is 480 g/mol. The molecule has 1 aliphatic rings. The third-order valence-electron chi connectivity index (χ3n) is 7.02. The molecule has 0 fully saturated rings. The van der Waals surface area contributed by atoms with E-state index in [1.165, 1.54) is 16.7 Å². The van der Waals surface area contributed by atoms with Crippen LogP contribution >= 0.6 is 0 Å². The second-order valence-corrected chi connectivity index (χ2v) is 9.52. The molecule has 2 atom stereocenters. The highest BCUT2D eigenvalue weighted by atomic mass is 16.3. The Bertz CT molecular complexity index is 1220. The van der Waals surface area contributed by atoms with E-state index in [4.69, 9.17) is 5.73 Å². The number of nitrogens with two attached hydrogens (primary N) is 1. The summed E-state index contributed by atoms with van der Waals surface area (Å²) in [7, 11) is 0. The van der Waals surface area contributed by atoms with E-state index < -0.39 is 0 Å². The van der Waals surface area contributed by atoms with Gasteiger partial charge in [-0.15, -0.1) is 4.91 Å². The average molecular weight is 481 g/mol. The Hall–Kier alpha value is -3.54. The molecule has 0 radical (unpaired) electrons. The Balaban J connectivity index is 1.61. The normalized spacial score (nSPS) is 14.8. The van der Waals surface area contributed by atoms with Gasteiger partial charge in [0.25, 0.3) is 0 Å². The number of nitrogen functional groups attached to an aromatic ring is 1. The van der Waals surface area contributed by atoms with Gasteiger partial charge < -0.3 is 16.4 Å². The van der Waals surface area contributed by atoms with Crippen LogP contribution in [0.25, 0.3) is 0 Å². The fourth-order valence-corrected chi connectivity index (χ4v) is 4.82. The third kappa shape index (κ3) is 7.00. The van der Waals surface area contributed by atoms with Crippen molar-refractivity contribution in [1.82, 2.24) is 10.6 Å². The van der Waals surface area contributed by atoms with Crippen LogP contribution in [0.2, 0.25) is 0 Å². The lowest BCUT2D eigenvalue weighted by atomic mass is 9.89. The van der Waals surface area contributed by atoms with Gasteiger partial charge in [-0.2, -0.15) is 0 Å². The van der Waals surface area contributed by atoms with Crippen LogP contribution in [0.4, 0.5) is 11.4 Å². The molecular formula is C31H36N4O. The number of nitroso groups, excluding NO2 is 1. The van der Waals surface area contributed by atoms with E-state index in [0.29, 0.717) is 18.8 Å². The summed E-state index contributed by atoms with van der Waals surface area (Å²) < 4.78 is 0. The van der Waals surface area contributed by atoms with Gasteiger partial charge in [0.15, 0.2) is 0 Å². The zero-order chi connectivity index (χ0) is 25.2. The highest BCUT2D eigenvalue weighted by molar-refractivity contribution is 5.46. The molecule has 2 unspecified atom stereocenters. The number of nitrogens with zero attached hydrogens (tertiary/aromatic N) is 1. The van der Waals surface area contributed by atoms with Crippen molar-refractivity contribution >= 4 is 11.4 Å². The predicted octanol–water partition coefficient (Wildman–Crippen LogP) is 6.50. The van der Waals surface area contributed by atoms with Crippen LogP contribution in [0.3, 0.4) is 0 Å². The minimum absolute atomic E-state index is 0.145. The summed E-state index contributed by atoms with van der Waals surface area (Å²) in [4.78, 5) is 11.4. The molecule has 0 saturated heterocycles. The number of para-hydroxylation sites is 1. The van der Waals surface area contributed by atoms with Gasteiger partial charge in [0.05, 0.1) is 0 Å². The number of rotatable bonds is 12. The fourth-order valence-electron chi connectivity index (χ4n) is 4.82. The standard InChI is InChI=1S/C31H36N4O/c1-23-11-5-6-14-25(23)20-31(33-21-26-15-7-9-17-28(26)32)30(19-24-12-3-2-4-13-24)34-22-27-16-8-10-18-29(27)35-36/h2-3,5-12,14-18,30-31,33-34H,4,13,19-22,32H2,1H3. The Morgan fingerprint density at radius 3 is 2.17 bits per heavy atom. The van der Waals surface area contributed by atoms with Crippen molar-refractivity contribution in [2.45, 2.75) is 57.8 Å². The first-order valence-corrected chi connectivity index (χ1v) is 12.7. The molecule has 0 heterocycles. The summed E-state index contributed by atoms with van der Waals surface area (Å²) in [5.41, 5.74) is 13.6. The minimum Gasteiger partial charge on any atom is -0.398 e. The number of allylic oxidation sites excluding steroid dienone is 3. The topological polar surface area (TPSA) is 79.5 Å². The summed E-state index contributed by atoms with van der Waals surface area (Å²) in [6.07, 6.45) is 10.6. The molecule has 0 amide bonds. The maximum atomic E-state index is 11.4. The summed E-state index contributed by atoms with van der Waals surface area (Å²) in [5, 5.41) is 10.9. The largest absolute Gasteiger partial charge is 0.398 e. The number of hydrogen-bond donors (Lipinski definition) is 3. The molecule has 0 aliphatic heterocycles. The van der Waals surface area contributed by atoms with E-state index in [9.17, 15) is 4.91 Å². The molecule has 4 N–H and O–H groups in total. The molecule has 3 aromatic carbocycles. The Morgan fingerprint density at radius 2 is 1.47 bits per heavy atom. The molecule has 1 aliphatic carbocycles. The van der Waals surface area contributed by atoms with Gasteiger partial charge in [-0.3, -0.25) is 0 Å². The molecule has 5 nitrogen and oxygen atoms in total. The molecule has 36 heavy (non-hydrogen) atoms. The lowest BCUT2D eigenvalue weighted by molar-refractivity contribution is 0.356. The summed E-state index contributed by atoms with van der Waals surface area (Å²) in [6, 6.07) is 24.4. The van der Waals surface area contributed by atoms with E-state index in [1.807, 2.05) is 36.4 Å². The first kappa shape index (κ1) is 25.5. The summed E-state index contributed by atoms with van der Waals surface area (Å²) >= 11 is 0. The zero-order valence-electron chi connectivity index (χ0n) is 21.0. The number of benzene rings is 3. The van der Waals surface area contributed by atoms with Crippen molar-refractivity contribution in [3.05, 3.63) is 124 Å². The summed E-state index contributed by atoms with van der Waals surface area (Å²) in [5.74, 6) is 0. The SMILES string of the molecule is Cc1ccccc1CC(NCc1ccccc1N)C(CC1=CC=CCC1)NCc1ccccc1N=O. The van der Waals surface area contributed by atoms with Gasteiger partial charge in [0.2, 0.25) is 0 Å². The number of hydrogen-bond acceptors (Lipinski definition) is 5. The van der Waals surface area contributed by atoms with Crippen LogP contribution in [0.1, 0.15) is 41.5 Å². The van der Waals surface area contributed by atoms with E-state index in [2.05, 4.69) is 71.3 Å². The van der Waals surface area contributed by atoms with E-state index >= 15 is 0 Å². The summed E-state index contributed by atoms with van der Waals surface area (Å²) in [6.45, 7) is 3.44. The molecule has 0 bridgehead atoms. The van der Waals surface area contributed by atoms with Gasteiger partial charge in [-0.05, 0) is 72.2 Å². The molecule has 4 rings (SSSR count). The number of aryl methyl sites for hydroxylation is 1. The van der Waals surface area contributed by atoms with Crippen LogP contribution in [0.5, 0.6) is 0 Å². The number of anilines is 1. The molecule has 186 valence electrons. The minimum atomic E-state index is 0.145. The Labute approximate surface area is 214 Å². The second kappa shape index (κ2) is 13.0. The van der Waals surface area contributed by atoms with Crippen molar-refractivity contribution in [1.29, 1.82) is 0 Å². The lowest BCUT2D eigenvalue weighted by Crippen LogP contribution is -2.49. The van der Waals surface area contributed by atoms with E-state index in [1.54, 1.807) is 6.07 Å². The van der Waals surface area contributed by atoms with Crippen LogP contribution in [-0.4, -0.2) is 12.1 Å². The maximum Gasteiger partial charge on any atom is 0.112 e. The molecule has 5 heteroatoms. The fraction of sp³-hybridized carbons (Fsp3) is 0.290. The third-order valence-corrected chi connectivity index (χ3v) is 7.02. The van der Waals surface area contributed by atoms with Crippen molar-refractivity contribution in [3.63, 3.8) is 0 Å². The van der Waals surface area contributed by atoms with Gasteiger partial charge in [-0.25, -0.2) is 0 Å². The van der Waals surface area contributed by atoms with Gasteiger partial charge in [-0.1, -0.05) is 84.5 Å². The molecule has 0 aromatic heterocycles. The Morgan fingerprint density at radius 1 is 0.833 bits per heavy atom. The zero-order valence-corrected chi connectivity index (χ0v) is 21.0. The van der Waals surface area contributed by atoms with Crippen LogP contribution in [0, 0.1) is 11.8 Å². The van der Waals surface area contributed by atoms with E-state index in [0.717, 1.165) is 42.5 Å². The van der Waals surface area contributed by atoms with Crippen molar-refractivity contribution < 1.29 is 0 Å². The highest BCUT2D eigenvalue weighted by Gasteiger charge is 2.24. The molecular weight excluding hydrogens is 444 g/mol. The Kier molecular flexibility index (Phi) is 9.20. The van der Waals surface area contributed by atoms with Crippen molar-refractivity contribution in [3.8, 4) is 0 Å². The lowest BCUT2D eigenvalue weighted by Gasteiger charge is -2.31. The first-order valence-electron chi connectivity index (χ1n) is 12.7. The van der Waals surface area contributed by atoms with Gasteiger partial charge in [0, 0.05) is 30.9 Å². The van der Waals surface area contributed by atoms with Crippen molar-refractivity contribution in [2.75, 3.05) is 5.73 Å². The smallest absolute Gasteiger partial charge is 0.112 e. The van der Waals surface area contributed by atoms with Gasteiger partial charge >= 0.3 is 0 Å². The molecule has 3 aromatic rings. The second-order valence-electron chi connectivity index (χ2n) is 9.52. The van der Waals surface area contributed by atoms with E-state index in [-0.39, 0.29) is 12.1 Å². The molecule has 0 saturated carbocycles. The van der Waals surface area contributed by atoms with Crippen LogP contribution in [-0.2, 0) is 19.5 Å². The predicted molar refractivity (Wildman–Crippen MR) is 150 cm³/mol. The number of nitrogens with one attached hydrogen (secondary N) is 2. The average Bonchev–Trinajstić information content (AvgIpc) is 2.91. The molecule has 0 spiro atoms. The van der Waals surface area contributed by atoms with Gasteiger partial charge in [0.1, 0.15) is 5.69 Å². The van der Waals surface area contributed by atoms with Crippen LogP contribution in [0.15, 0.2) is 102 Å². The quantitative estimate of drug-likeness (QED) is 0.204. The maximum absolute atomic E-state index is 11.4.